The minimum atomic E-state index is -1.10. The van der Waals surface area contributed by atoms with Gasteiger partial charge >= 0.3 is 5.97 Å². The molecule has 1 heterocycles. The van der Waals surface area contributed by atoms with Crippen molar-refractivity contribution in [1.82, 2.24) is 10.3 Å². The number of aliphatic carboxylic acids is 1. The van der Waals surface area contributed by atoms with Crippen LogP contribution in [0.5, 0.6) is 0 Å². The Kier molecular flexibility index (Phi) is 5.57. The molecule has 18 heavy (non-hydrogen) atoms. The molecule has 1 aromatic heterocycles. The number of thioether (sulfide) groups is 1. The summed E-state index contributed by atoms with van der Waals surface area (Å²) in [6, 6.07) is 1.32. The van der Waals surface area contributed by atoms with Crippen LogP contribution in [0.15, 0.2) is 18.3 Å². The van der Waals surface area contributed by atoms with Gasteiger partial charge in [-0.3, -0.25) is 4.79 Å². The van der Waals surface area contributed by atoms with Crippen LogP contribution >= 0.6 is 11.8 Å². The van der Waals surface area contributed by atoms with Crippen molar-refractivity contribution in [2.75, 3.05) is 12.0 Å². The van der Waals surface area contributed by atoms with Gasteiger partial charge in [0.2, 0.25) is 5.95 Å². The average Bonchev–Trinajstić information content (AvgIpc) is 2.33. The maximum Gasteiger partial charge on any atom is 0.326 e. The molecule has 1 rings (SSSR count). The fraction of sp³-hybridized carbons (Fsp3) is 0.364. The second-order valence-electron chi connectivity index (χ2n) is 3.51. The Morgan fingerprint density at radius 2 is 2.33 bits per heavy atom. The Hall–Kier alpha value is -1.63. The van der Waals surface area contributed by atoms with Crippen molar-refractivity contribution >= 4 is 23.6 Å². The minimum absolute atomic E-state index is 0.0536. The number of aromatic nitrogens is 1. The first-order chi connectivity index (χ1) is 8.54. The van der Waals surface area contributed by atoms with Crippen molar-refractivity contribution in [3.63, 3.8) is 0 Å². The van der Waals surface area contributed by atoms with Crippen LogP contribution in [-0.2, 0) is 4.79 Å². The van der Waals surface area contributed by atoms with E-state index in [0.29, 0.717) is 12.2 Å². The average molecular weight is 272 g/mol. The van der Waals surface area contributed by atoms with Crippen LogP contribution in [0.2, 0.25) is 0 Å². The van der Waals surface area contributed by atoms with E-state index in [9.17, 15) is 14.0 Å². The number of amides is 1. The second kappa shape index (κ2) is 6.95. The summed E-state index contributed by atoms with van der Waals surface area (Å²) in [7, 11) is 0. The molecule has 0 fully saturated rings. The van der Waals surface area contributed by atoms with Gasteiger partial charge < -0.3 is 10.4 Å². The van der Waals surface area contributed by atoms with Crippen molar-refractivity contribution in [1.29, 1.82) is 0 Å². The Morgan fingerprint density at radius 1 is 1.61 bits per heavy atom. The van der Waals surface area contributed by atoms with Crippen molar-refractivity contribution in [3.8, 4) is 0 Å². The first-order valence-corrected chi connectivity index (χ1v) is 6.58. The van der Waals surface area contributed by atoms with E-state index in [1.165, 1.54) is 17.8 Å². The van der Waals surface area contributed by atoms with E-state index in [2.05, 4.69) is 10.3 Å². The second-order valence-corrected chi connectivity index (χ2v) is 4.50. The highest BCUT2D eigenvalue weighted by Crippen LogP contribution is 2.04. The summed E-state index contributed by atoms with van der Waals surface area (Å²) in [6.45, 7) is 0. The summed E-state index contributed by atoms with van der Waals surface area (Å²) in [5, 5.41) is 11.3. The zero-order chi connectivity index (χ0) is 13.5. The number of halogens is 1. The first kappa shape index (κ1) is 14.4. The quantitative estimate of drug-likeness (QED) is 0.760. The lowest BCUT2D eigenvalue weighted by molar-refractivity contribution is -0.139. The van der Waals surface area contributed by atoms with Gasteiger partial charge in [0.05, 0.1) is 0 Å². The third-order valence-corrected chi connectivity index (χ3v) is 2.85. The SMILES string of the molecule is CSCC[C@@H](NC(=O)c1ccnc(F)c1)C(=O)O. The van der Waals surface area contributed by atoms with Crippen LogP contribution in [0.3, 0.4) is 0 Å². The van der Waals surface area contributed by atoms with Crippen LogP contribution in [0.25, 0.3) is 0 Å². The maximum atomic E-state index is 12.8. The number of rotatable bonds is 6. The first-order valence-electron chi connectivity index (χ1n) is 5.18. The summed E-state index contributed by atoms with van der Waals surface area (Å²) in [6.07, 6.45) is 3.32. The predicted molar refractivity (Wildman–Crippen MR) is 66.1 cm³/mol. The highest BCUT2D eigenvalue weighted by atomic mass is 32.2. The Balaban J connectivity index is 2.69. The molecule has 98 valence electrons. The molecule has 7 heteroatoms. The Labute approximate surface area is 108 Å². The molecule has 0 radical (unpaired) electrons. The molecular weight excluding hydrogens is 259 g/mol. The minimum Gasteiger partial charge on any atom is -0.480 e. The van der Waals surface area contributed by atoms with Crippen molar-refractivity contribution in [2.24, 2.45) is 0 Å². The number of nitrogens with one attached hydrogen (secondary N) is 1. The molecule has 0 aromatic carbocycles. The van der Waals surface area contributed by atoms with Crippen LogP contribution < -0.4 is 5.32 Å². The number of nitrogens with zero attached hydrogens (tertiary/aromatic N) is 1. The van der Waals surface area contributed by atoms with E-state index >= 15 is 0 Å². The lowest BCUT2D eigenvalue weighted by Crippen LogP contribution is -2.41. The molecule has 0 unspecified atom stereocenters. The molecule has 0 bridgehead atoms. The summed E-state index contributed by atoms with van der Waals surface area (Å²) < 4.78 is 12.8. The van der Waals surface area contributed by atoms with E-state index in [0.717, 1.165) is 12.3 Å². The molecule has 0 aliphatic heterocycles. The van der Waals surface area contributed by atoms with E-state index in [1.54, 1.807) is 0 Å². The molecule has 1 aromatic rings. The molecule has 0 saturated carbocycles. The van der Waals surface area contributed by atoms with Gasteiger partial charge in [-0.05, 0) is 24.5 Å². The Morgan fingerprint density at radius 3 is 2.89 bits per heavy atom. The molecule has 0 saturated heterocycles. The highest BCUT2D eigenvalue weighted by Gasteiger charge is 2.20. The normalized spacial score (nSPS) is 11.9. The highest BCUT2D eigenvalue weighted by molar-refractivity contribution is 7.98. The third-order valence-electron chi connectivity index (χ3n) is 2.20. The lowest BCUT2D eigenvalue weighted by atomic mass is 10.2. The summed E-state index contributed by atoms with van der Waals surface area (Å²) in [5.74, 6) is -1.89. The number of carboxylic acids is 1. The van der Waals surface area contributed by atoms with Gasteiger partial charge in [-0.1, -0.05) is 0 Å². The smallest absolute Gasteiger partial charge is 0.326 e. The maximum absolute atomic E-state index is 12.8. The molecule has 1 atom stereocenters. The van der Waals surface area contributed by atoms with Gasteiger partial charge in [0, 0.05) is 17.8 Å². The van der Waals surface area contributed by atoms with Gasteiger partial charge in [0.1, 0.15) is 6.04 Å². The molecule has 1 amide bonds. The number of hydrogen-bond acceptors (Lipinski definition) is 4. The summed E-state index contributed by atoms with van der Waals surface area (Å²) in [4.78, 5) is 25.9. The van der Waals surface area contributed by atoms with Gasteiger partial charge in [-0.25, -0.2) is 9.78 Å². The van der Waals surface area contributed by atoms with E-state index in [4.69, 9.17) is 5.11 Å². The third kappa shape index (κ3) is 4.33. The van der Waals surface area contributed by atoms with Crippen LogP contribution in [0.4, 0.5) is 4.39 Å². The predicted octanol–water partition coefficient (Wildman–Crippen LogP) is 1.16. The lowest BCUT2D eigenvalue weighted by Gasteiger charge is -2.13. The van der Waals surface area contributed by atoms with E-state index in [-0.39, 0.29) is 5.56 Å². The molecule has 0 spiro atoms. The Bertz CT molecular complexity index is 442. The van der Waals surface area contributed by atoms with Crippen LogP contribution in [0, 0.1) is 5.95 Å². The van der Waals surface area contributed by atoms with Crippen molar-refractivity contribution in [3.05, 3.63) is 29.8 Å². The fourth-order valence-electron chi connectivity index (χ4n) is 1.28. The standard InChI is InChI=1S/C11H13FN2O3S/c1-18-5-3-8(11(16)17)14-10(15)7-2-4-13-9(12)6-7/h2,4,6,8H,3,5H2,1H3,(H,14,15)(H,16,17)/t8-/m1/s1. The molecule has 0 aliphatic rings. The molecule has 5 nitrogen and oxygen atoms in total. The fourth-order valence-corrected chi connectivity index (χ4v) is 1.75. The van der Waals surface area contributed by atoms with Gasteiger partial charge in [-0.15, -0.1) is 0 Å². The zero-order valence-corrected chi connectivity index (χ0v) is 10.5. The number of hydrogen-bond donors (Lipinski definition) is 2. The van der Waals surface area contributed by atoms with Gasteiger partial charge in [0.15, 0.2) is 0 Å². The number of carbonyl (C=O) groups is 2. The molecule has 0 aliphatic carbocycles. The largest absolute Gasteiger partial charge is 0.480 e. The van der Waals surface area contributed by atoms with Gasteiger partial charge in [0.25, 0.3) is 5.91 Å². The van der Waals surface area contributed by atoms with E-state index in [1.807, 2.05) is 6.26 Å². The molecule has 2 N–H and O–H groups in total. The topological polar surface area (TPSA) is 79.3 Å². The summed E-state index contributed by atoms with van der Waals surface area (Å²) >= 11 is 1.49. The monoisotopic (exact) mass is 272 g/mol. The van der Waals surface area contributed by atoms with Crippen LogP contribution in [-0.4, -0.2) is 40.0 Å². The summed E-state index contributed by atoms with van der Waals surface area (Å²) in [5.41, 5.74) is 0.0536. The molecular formula is C11H13FN2O3S. The van der Waals surface area contributed by atoms with E-state index < -0.39 is 23.9 Å². The number of pyridine rings is 1. The van der Waals surface area contributed by atoms with Crippen LogP contribution in [0.1, 0.15) is 16.8 Å². The zero-order valence-electron chi connectivity index (χ0n) is 9.72. The number of carbonyl (C=O) groups excluding carboxylic acids is 1. The van der Waals surface area contributed by atoms with Crippen molar-refractivity contribution in [2.45, 2.75) is 12.5 Å². The van der Waals surface area contributed by atoms with Crippen molar-refractivity contribution < 1.29 is 19.1 Å². The number of carboxylic acid groups (broad SMARTS) is 1. The van der Waals surface area contributed by atoms with Gasteiger partial charge in [-0.2, -0.15) is 16.2 Å².